The van der Waals surface area contributed by atoms with Crippen LogP contribution in [0.3, 0.4) is 0 Å². The van der Waals surface area contributed by atoms with E-state index >= 15 is 0 Å². The van der Waals surface area contributed by atoms with Crippen LogP contribution in [0.5, 0.6) is 0 Å². The summed E-state index contributed by atoms with van der Waals surface area (Å²) in [6.45, 7) is 0. The normalized spacial score (nSPS) is 23.8. The fraction of sp³-hybridized carbons (Fsp3) is 0.538. The lowest BCUT2D eigenvalue weighted by molar-refractivity contribution is 0.688. The maximum absolute atomic E-state index is 6.05. The summed E-state index contributed by atoms with van der Waals surface area (Å²) in [5.74, 6) is 0. The lowest BCUT2D eigenvalue weighted by atomic mass is 10.2. The number of nitrogens with one attached hydrogen (secondary N) is 1. The second-order valence-electron chi connectivity index (χ2n) is 4.97. The van der Waals surface area contributed by atoms with Crippen LogP contribution in [0, 0.1) is 0 Å². The van der Waals surface area contributed by atoms with E-state index in [1.165, 1.54) is 0 Å². The van der Waals surface area contributed by atoms with E-state index in [-0.39, 0.29) is 0 Å². The van der Waals surface area contributed by atoms with Gasteiger partial charge in [-0.25, -0.2) is 0 Å². The maximum atomic E-state index is 6.05. The molecule has 0 radical (unpaired) electrons. The first-order valence-electron chi connectivity index (χ1n) is 6.05. The molecule has 0 bridgehead atoms. The number of anilines is 2. The fourth-order valence-electron chi connectivity index (χ4n) is 2.38. The first-order valence-corrected chi connectivity index (χ1v) is 6.43. The number of halogens is 1. The van der Waals surface area contributed by atoms with Crippen LogP contribution >= 0.6 is 11.6 Å². The molecule has 1 aliphatic rings. The van der Waals surface area contributed by atoms with Gasteiger partial charge in [0.15, 0.2) is 0 Å². The standard InChI is InChI=1S/C13H20ClN3/c1-17(2)13-6-3-9(14)7-12(13)16-11-5-4-10(15)8-11/h3,6-7,10-11,16H,4-5,8,15H2,1-2H3. The molecule has 94 valence electrons. The highest BCUT2D eigenvalue weighted by Crippen LogP contribution is 2.31. The SMILES string of the molecule is CN(C)c1ccc(Cl)cc1NC1CCC(N)C1. The van der Waals surface area contributed by atoms with E-state index in [0.717, 1.165) is 35.7 Å². The molecular weight excluding hydrogens is 234 g/mol. The van der Waals surface area contributed by atoms with E-state index in [9.17, 15) is 0 Å². The van der Waals surface area contributed by atoms with Crippen molar-refractivity contribution < 1.29 is 0 Å². The maximum Gasteiger partial charge on any atom is 0.0597 e. The zero-order valence-corrected chi connectivity index (χ0v) is 11.2. The minimum absolute atomic E-state index is 0.342. The van der Waals surface area contributed by atoms with Crippen molar-refractivity contribution in [3.8, 4) is 0 Å². The third-order valence-electron chi connectivity index (χ3n) is 3.27. The van der Waals surface area contributed by atoms with Crippen molar-refractivity contribution in [3.05, 3.63) is 23.2 Å². The molecule has 0 saturated heterocycles. The zero-order valence-electron chi connectivity index (χ0n) is 10.4. The van der Waals surface area contributed by atoms with Gasteiger partial charge in [0.1, 0.15) is 0 Å². The van der Waals surface area contributed by atoms with Crippen molar-refractivity contribution in [1.29, 1.82) is 0 Å². The second kappa shape index (κ2) is 5.15. The first kappa shape index (κ1) is 12.5. The average Bonchev–Trinajstić information content (AvgIpc) is 2.63. The number of nitrogens with zero attached hydrogens (tertiary/aromatic N) is 1. The summed E-state index contributed by atoms with van der Waals surface area (Å²) in [7, 11) is 4.07. The highest BCUT2D eigenvalue weighted by Gasteiger charge is 2.22. The molecule has 1 aromatic carbocycles. The van der Waals surface area contributed by atoms with E-state index in [4.69, 9.17) is 17.3 Å². The number of hydrogen-bond acceptors (Lipinski definition) is 3. The highest BCUT2D eigenvalue weighted by molar-refractivity contribution is 6.31. The van der Waals surface area contributed by atoms with Crippen molar-refractivity contribution in [3.63, 3.8) is 0 Å². The van der Waals surface area contributed by atoms with E-state index in [2.05, 4.69) is 10.2 Å². The molecule has 2 atom stereocenters. The van der Waals surface area contributed by atoms with Gasteiger partial charge in [-0.15, -0.1) is 0 Å². The van der Waals surface area contributed by atoms with Crippen LogP contribution in [0.15, 0.2) is 18.2 Å². The summed E-state index contributed by atoms with van der Waals surface area (Å²) >= 11 is 6.05. The summed E-state index contributed by atoms with van der Waals surface area (Å²) in [5, 5.41) is 4.32. The Labute approximate surface area is 108 Å². The van der Waals surface area contributed by atoms with Crippen molar-refractivity contribution in [2.24, 2.45) is 5.73 Å². The minimum Gasteiger partial charge on any atom is -0.381 e. The molecule has 0 aliphatic heterocycles. The fourth-order valence-corrected chi connectivity index (χ4v) is 2.55. The molecule has 0 aromatic heterocycles. The van der Waals surface area contributed by atoms with Crippen molar-refractivity contribution in [2.45, 2.75) is 31.3 Å². The molecule has 3 nitrogen and oxygen atoms in total. The molecule has 1 saturated carbocycles. The quantitative estimate of drug-likeness (QED) is 0.870. The van der Waals surface area contributed by atoms with E-state index in [0.29, 0.717) is 12.1 Å². The molecule has 0 heterocycles. The van der Waals surface area contributed by atoms with Gasteiger partial charge in [0.25, 0.3) is 0 Å². The Bertz CT molecular complexity index is 392. The Balaban J connectivity index is 2.16. The Morgan fingerprint density at radius 3 is 2.71 bits per heavy atom. The van der Waals surface area contributed by atoms with Crippen LogP contribution in [0.25, 0.3) is 0 Å². The third kappa shape index (κ3) is 3.05. The summed E-state index contributed by atoms with van der Waals surface area (Å²) < 4.78 is 0. The van der Waals surface area contributed by atoms with Crippen LogP contribution in [0.1, 0.15) is 19.3 Å². The Morgan fingerprint density at radius 2 is 2.12 bits per heavy atom. The van der Waals surface area contributed by atoms with Gasteiger partial charge in [0.05, 0.1) is 11.4 Å². The van der Waals surface area contributed by atoms with Gasteiger partial charge < -0.3 is 16.0 Å². The van der Waals surface area contributed by atoms with Crippen molar-refractivity contribution >= 4 is 23.0 Å². The molecule has 17 heavy (non-hydrogen) atoms. The molecule has 1 aliphatic carbocycles. The van der Waals surface area contributed by atoms with Gasteiger partial charge in [0, 0.05) is 31.2 Å². The first-order chi connectivity index (χ1) is 8.06. The summed E-state index contributed by atoms with van der Waals surface area (Å²) in [6, 6.07) is 6.76. The van der Waals surface area contributed by atoms with Crippen LogP contribution in [0.2, 0.25) is 5.02 Å². The van der Waals surface area contributed by atoms with Gasteiger partial charge in [0.2, 0.25) is 0 Å². The van der Waals surface area contributed by atoms with Crippen LogP contribution in [0.4, 0.5) is 11.4 Å². The number of hydrogen-bond donors (Lipinski definition) is 2. The second-order valence-corrected chi connectivity index (χ2v) is 5.41. The van der Waals surface area contributed by atoms with Crippen LogP contribution in [-0.2, 0) is 0 Å². The molecule has 2 unspecified atom stereocenters. The molecular formula is C13H20ClN3. The van der Waals surface area contributed by atoms with Crippen molar-refractivity contribution in [1.82, 2.24) is 0 Å². The summed E-state index contributed by atoms with van der Waals surface area (Å²) in [5.41, 5.74) is 8.19. The molecule has 1 aromatic rings. The van der Waals surface area contributed by atoms with Crippen molar-refractivity contribution in [2.75, 3.05) is 24.3 Å². The zero-order chi connectivity index (χ0) is 12.4. The van der Waals surface area contributed by atoms with Gasteiger partial charge >= 0.3 is 0 Å². The van der Waals surface area contributed by atoms with Gasteiger partial charge in [-0.05, 0) is 37.5 Å². The molecule has 2 rings (SSSR count). The molecule has 3 N–H and O–H groups in total. The third-order valence-corrected chi connectivity index (χ3v) is 3.51. The molecule has 0 spiro atoms. The van der Waals surface area contributed by atoms with Gasteiger partial charge in [-0.2, -0.15) is 0 Å². The topological polar surface area (TPSA) is 41.3 Å². The van der Waals surface area contributed by atoms with Gasteiger partial charge in [-0.3, -0.25) is 0 Å². The summed E-state index contributed by atoms with van der Waals surface area (Å²) in [6.07, 6.45) is 3.29. The Hall–Kier alpha value is -0.930. The predicted molar refractivity (Wildman–Crippen MR) is 75.0 cm³/mol. The number of rotatable bonds is 3. The smallest absolute Gasteiger partial charge is 0.0597 e. The highest BCUT2D eigenvalue weighted by atomic mass is 35.5. The van der Waals surface area contributed by atoms with Crippen LogP contribution < -0.4 is 16.0 Å². The molecule has 4 heteroatoms. The summed E-state index contributed by atoms with van der Waals surface area (Å²) in [4.78, 5) is 2.09. The van der Waals surface area contributed by atoms with Crippen LogP contribution in [-0.4, -0.2) is 26.2 Å². The molecule has 0 amide bonds. The Morgan fingerprint density at radius 1 is 1.35 bits per heavy atom. The number of nitrogens with two attached hydrogens (primary N) is 1. The van der Waals surface area contributed by atoms with E-state index in [1.54, 1.807) is 0 Å². The lowest BCUT2D eigenvalue weighted by Gasteiger charge is -2.22. The molecule has 1 fully saturated rings. The monoisotopic (exact) mass is 253 g/mol. The van der Waals surface area contributed by atoms with E-state index < -0.39 is 0 Å². The Kier molecular flexibility index (Phi) is 3.79. The largest absolute Gasteiger partial charge is 0.381 e. The average molecular weight is 254 g/mol. The lowest BCUT2D eigenvalue weighted by Crippen LogP contribution is -2.22. The predicted octanol–water partition coefficient (Wildman–Crippen LogP) is 2.70. The van der Waals surface area contributed by atoms with E-state index in [1.807, 2.05) is 32.3 Å². The number of benzene rings is 1. The van der Waals surface area contributed by atoms with Gasteiger partial charge in [-0.1, -0.05) is 11.6 Å². The minimum atomic E-state index is 0.342.